The van der Waals surface area contributed by atoms with Gasteiger partial charge in [0.05, 0.1) is 17.1 Å². The topological polar surface area (TPSA) is 43.1 Å². The van der Waals surface area contributed by atoms with E-state index in [0.717, 1.165) is 59.8 Å². The van der Waals surface area contributed by atoms with E-state index in [-0.39, 0.29) is 0 Å². The number of aromatic nitrogens is 4. The summed E-state index contributed by atoms with van der Waals surface area (Å²) in [4.78, 5) is 14.3. The van der Waals surface area contributed by atoms with Gasteiger partial charge in [0.25, 0.3) is 0 Å². The van der Waals surface area contributed by atoms with Crippen molar-refractivity contribution < 1.29 is 0 Å². The van der Waals surface area contributed by atoms with Crippen molar-refractivity contribution in [1.82, 2.24) is 19.4 Å². The largest absolute Gasteiger partial charge is 0.298 e. The van der Waals surface area contributed by atoms with Crippen LogP contribution in [0.5, 0.6) is 0 Å². The third kappa shape index (κ3) is 3.55. The number of hydrogen-bond donors (Lipinski definition) is 0. The quantitative estimate of drug-likeness (QED) is 0.439. The average molecular weight is 371 g/mol. The molecule has 0 aliphatic rings. The van der Waals surface area contributed by atoms with Gasteiger partial charge < -0.3 is 0 Å². The zero-order valence-corrected chi connectivity index (χ0v) is 16.8. The number of nitrogens with zero attached hydrogens (tertiary/aromatic N) is 4. The third-order valence-corrected chi connectivity index (χ3v) is 4.98. The van der Waals surface area contributed by atoms with Gasteiger partial charge in [-0.3, -0.25) is 4.40 Å². The minimum Gasteiger partial charge on any atom is -0.298 e. The summed E-state index contributed by atoms with van der Waals surface area (Å²) >= 11 is 0. The molecule has 142 valence electrons. The van der Waals surface area contributed by atoms with E-state index in [9.17, 15) is 0 Å². The number of fused-ring (bicyclic) bond motifs is 1. The summed E-state index contributed by atoms with van der Waals surface area (Å²) in [7, 11) is 0. The van der Waals surface area contributed by atoms with Crippen LogP contribution in [0.2, 0.25) is 0 Å². The molecule has 0 saturated heterocycles. The lowest BCUT2D eigenvalue weighted by Crippen LogP contribution is -1.98. The van der Waals surface area contributed by atoms with Gasteiger partial charge >= 0.3 is 0 Å². The molecule has 0 N–H and O–H groups in total. The molecule has 1 aromatic carbocycles. The van der Waals surface area contributed by atoms with Crippen molar-refractivity contribution in [3.63, 3.8) is 0 Å². The minimum atomic E-state index is 0.880. The Labute approximate surface area is 166 Å². The number of rotatable bonds is 6. The second-order valence-electron chi connectivity index (χ2n) is 7.30. The molecule has 0 unspecified atom stereocenters. The van der Waals surface area contributed by atoms with Crippen molar-refractivity contribution in [1.29, 1.82) is 0 Å². The monoisotopic (exact) mass is 370 g/mol. The number of pyridine rings is 1. The molecular weight excluding hydrogens is 344 g/mol. The Morgan fingerprint density at radius 1 is 0.893 bits per heavy atom. The van der Waals surface area contributed by atoms with Crippen molar-refractivity contribution in [2.45, 2.75) is 46.5 Å². The SMILES string of the molecule is CCCc1ccn2c(-c3ccnc(CCC)n3)c(-c3ccc(C)cc3)nc2c1. The van der Waals surface area contributed by atoms with E-state index in [1.54, 1.807) is 0 Å². The van der Waals surface area contributed by atoms with Crippen LogP contribution in [0.4, 0.5) is 0 Å². The molecule has 3 aromatic heterocycles. The Morgan fingerprint density at radius 3 is 2.43 bits per heavy atom. The Hall–Kier alpha value is -3.01. The van der Waals surface area contributed by atoms with Crippen LogP contribution >= 0.6 is 0 Å². The smallest absolute Gasteiger partial charge is 0.138 e. The Balaban J connectivity index is 1.94. The molecule has 4 rings (SSSR count). The normalized spacial score (nSPS) is 11.2. The van der Waals surface area contributed by atoms with E-state index < -0.39 is 0 Å². The highest BCUT2D eigenvalue weighted by Gasteiger charge is 2.18. The van der Waals surface area contributed by atoms with E-state index in [1.165, 1.54) is 11.1 Å². The van der Waals surface area contributed by atoms with Gasteiger partial charge in [0.2, 0.25) is 0 Å². The van der Waals surface area contributed by atoms with E-state index in [0.29, 0.717) is 0 Å². The molecule has 4 aromatic rings. The molecule has 4 heteroatoms. The van der Waals surface area contributed by atoms with E-state index in [1.807, 2.05) is 12.3 Å². The summed E-state index contributed by atoms with van der Waals surface area (Å²) in [6.45, 7) is 6.46. The molecular formula is C24H26N4. The molecule has 28 heavy (non-hydrogen) atoms. The second kappa shape index (κ2) is 7.93. The first-order valence-electron chi connectivity index (χ1n) is 10.1. The van der Waals surface area contributed by atoms with Crippen LogP contribution in [0.25, 0.3) is 28.3 Å². The Morgan fingerprint density at radius 2 is 1.68 bits per heavy atom. The predicted octanol–water partition coefficient (Wildman–Crippen LogP) is 5.67. The fourth-order valence-corrected chi connectivity index (χ4v) is 3.56. The molecule has 0 aliphatic heterocycles. The average Bonchev–Trinajstić information content (AvgIpc) is 3.08. The fraction of sp³-hybridized carbons (Fsp3) is 0.292. The molecule has 0 fully saturated rings. The Bertz CT molecular complexity index is 1090. The zero-order chi connectivity index (χ0) is 19.5. The van der Waals surface area contributed by atoms with Gasteiger partial charge in [-0.2, -0.15) is 0 Å². The highest BCUT2D eigenvalue weighted by Crippen LogP contribution is 2.32. The standard InChI is InChI=1S/C24H26N4/c1-4-6-18-13-15-28-22(16-18)27-23(19-10-8-17(3)9-11-19)24(28)20-12-14-25-21(26-20)7-5-2/h8-16H,4-7H2,1-3H3. The van der Waals surface area contributed by atoms with Gasteiger partial charge in [-0.05, 0) is 43.5 Å². The lowest BCUT2D eigenvalue weighted by atomic mass is 10.1. The van der Waals surface area contributed by atoms with Crippen molar-refractivity contribution in [2.75, 3.05) is 0 Å². The first kappa shape index (κ1) is 18.4. The van der Waals surface area contributed by atoms with Crippen LogP contribution in [0.1, 0.15) is 43.6 Å². The number of hydrogen-bond acceptors (Lipinski definition) is 3. The van der Waals surface area contributed by atoms with Crippen molar-refractivity contribution in [3.05, 3.63) is 71.8 Å². The maximum atomic E-state index is 5.01. The molecule has 0 atom stereocenters. The molecule has 0 saturated carbocycles. The van der Waals surface area contributed by atoms with Gasteiger partial charge in [0.1, 0.15) is 11.5 Å². The van der Waals surface area contributed by atoms with Gasteiger partial charge in [-0.1, -0.05) is 50.1 Å². The van der Waals surface area contributed by atoms with Crippen LogP contribution in [-0.4, -0.2) is 19.4 Å². The first-order valence-corrected chi connectivity index (χ1v) is 10.1. The van der Waals surface area contributed by atoms with E-state index >= 15 is 0 Å². The molecule has 0 radical (unpaired) electrons. The summed E-state index contributed by atoms with van der Waals surface area (Å²) in [5, 5.41) is 0. The summed E-state index contributed by atoms with van der Waals surface area (Å²) in [6, 6.07) is 14.9. The lowest BCUT2D eigenvalue weighted by molar-refractivity contribution is 0.835. The van der Waals surface area contributed by atoms with Gasteiger partial charge in [0, 0.05) is 24.4 Å². The van der Waals surface area contributed by atoms with Gasteiger partial charge in [0.15, 0.2) is 0 Å². The lowest BCUT2D eigenvalue weighted by Gasteiger charge is -2.07. The first-order chi connectivity index (χ1) is 13.7. The predicted molar refractivity (Wildman–Crippen MR) is 114 cm³/mol. The number of imidazole rings is 1. The van der Waals surface area contributed by atoms with Crippen LogP contribution in [0, 0.1) is 6.92 Å². The Kier molecular flexibility index (Phi) is 5.20. The van der Waals surface area contributed by atoms with E-state index in [2.05, 4.69) is 72.8 Å². The maximum absolute atomic E-state index is 5.01. The minimum absolute atomic E-state index is 0.880. The highest BCUT2D eigenvalue weighted by atomic mass is 15.0. The summed E-state index contributed by atoms with van der Waals surface area (Å²) in [5.41, 5.74) is 7.55. The molecule has 4 nitrogen and oxygen atoms in total. The highest BCUT2D eigenvalue weighted by molar-refractivity contribution is 5.80. The molecule has 0 bridgehead atoms. The molecule has 0 amide bonds. The molecule has 3 heterocycles. The molecule has 0 aliphatic carbocycles. The van der Waals surface area contributed by atoms with Crippen LogP contribution < -0.4 is 0 Å². The third-order valence-electron chi connectivity index (χ3n) is 4.98. The summed E-state index contributed by atoms with van der Waals surface area (Å²) < 4.78 is 2.16. The molecule has 0 spiro atoms. The van der Waals surface area contributed by atoms with Crippen LogP contribution in [0.3, 0.4) is 0 Å². The number of benzene rings is 1. The van der Waals surface area contributed by atoms with Crippen LogP contribution in [0.15, 0.2) is 54.9 Å². The van der Waals surface area contributed by atoms with Gasteiger partial charge in [-0.15, -0.1) is 0 Å². The van der Waals surface area contributed by atoms with E-state index in [4.69, 9.17) is 9.97 Å². The van der Waals surface area contributed by atoms with Crippen molar-refractivity contribution in [3.8, 4) is 22.6 Å². The van der Waals surface area contributed by atoms with Crippen molar-refractivity contribution >= 4 is 5.65 Å². The maximum Gasteiger partial charge on any atom is 0.138 e. The van der Waals surface area contributed by atoms with Gasteiger partial charge in [-0.25, -0.2) is 15.0 Å². The summed E-state index contributed by atoms with van der Waals surface area (Å²) in [5.74, 6) is 0.882. The zero-order valence-electron chi connectivity index (χ0n) is 16.8. The van der Waals surface area contributed by atoms with Crippen LogP contribution in [-0.2, 0) is 12.8 Å². The van der Waals surface area contributed by atoms with Crippen molar-refractivity contribution in [2.24, 2.45) is 0 Å². The second-order valence-corrected chi connectivity index (χ2v) is 7.30. The summed E-state index contributed by atoms with van der Waals surface area (Å²) in [6.07, 6.45) is 8.08. The fourth-order valence-electron chi connectivity index (χ4n) is 3.56. The number of aryl methyl sites for hydroxylation is 3.